The number of pyridine rings is 1. The Labute approximate surface area is 157 Å². The number of nitrogens with one attached hydrogen (secondary N) is 1. The molecule has 3 aromatic rings. The predicted octanol–water partition coefficient (Wildman–Crippen LogP) is 4.30. The molecule has 0 amide bonds. The third-order valence-corrected chi connectivity index (χ3v) is 5.33. The summed E-state index contributed by atoms with van der Waals surface area (Å²) in [7, 11) is 0. The van der Waals surface area contributed by atoms with Crippen molar-refractivity contribution >= 4 is 22.4 Å². The van der Waals surface area contributed by atoms with Crippen LogP contribution in [0, 0.1) is 10.1 Å². The molecule has 0 saturated carbocycles. The fourth-order valence-electron chi connectivity index (χ4n) is 3.71. The second-order valence-corrected chi connectivity index (χ2v) is 6.94. The van der Waals surface area contributed by atoms with Gasteiger partial charge < -0.3 is 10.1 Å². The molecule has 0 spiro atoms. The van der Waals surface area contributed by atoms with E-state index >= 15 is 0 Å². The van der Waals surface area contributed by atoms with Crippen molar-refractivity contribution in [1.29, 1.82) is 0 Å². The summed E-state index contributed by atoms with van der Waals surface area (Å²) >= 11 is 0. The SMILES string of the molecule is O=[N+]([O-])c1ccc2nc(NCC3(c4ccccc4)CCOCC3)ccc2c1. The molecule has 1 fully saturated rings. The molecule has 0 atom stereocenters. The Morgan fingerprint density at radius 2 is 1.85 bits per heavy atom. The van der Waals surface area contributed by atoms with Gasteiger partial charge in [0.25, 0.3) is 5.69 Å². The minimum absolute atomic E-state index is 0.0195. The molecule has 2 aromatic carbocycles. The van der Waals surface area contributed by atoms with E-state index < -0.39 is 0 Å². The first-order valence-corrected chi connectivity index (χ1v) is 9.09. The molecular weight excluding hydrogens is 342 g/mol. The van der Waals surface area contributed by atoms with Gasteiger partial charge in [0, 0.05) is 42.7 Å². The van der Waals surface area contributed by atoms with Gasteiger partial charge in [-0.1, -0.05) is 30.3 Å². The van der Waals surface area contributed by atoms with Crippen LogP contribution in [-0.4, -0.2) is 29.7 Å². The van der Waals surface area contributed by atoms with Gasteiger partial charge in [0.1, 0.15) is 5.82 Å². The lowest BCUT2D eigenvalue weighted by molar-refractivity contribution is -0.384. The predicted molar refractivity (Wildman–Crippen MR) is 105 cm³/mol. The third-order valence-electron chi connectivity index (χ3n) is 5.33. The quantitative estimate of drug-likeness (QED) is 0.540. The lowest BCUT2D eigenvalue weighted by atomic mass is 9.74. The number of hydrogen-bond acceptors (Lipinski definition) is 5. The Kier molecular flexibility index (Phi) is 4.73. The molecule has 0 aliphatic carbocycles. The summed E-state index contributed by atoms with van der Waals surface area (Å²) in [5.41, 5.74) is 2.16. The van der Waals surface area contributed by atoms with Crippen molar-refractivity contribution < 1.29 is 9.66 Å². The first-order valence-electron chi connectivity index (χ1n) is 9.09. The lowest BCUT2D eigenvalue weighted by Gasteiger charge is -2.38. The molecule has 6 heteroatoms. The van der Waals surface area contributed by atoms with E-state index in [1.165, 1.54) is 11.6 Å². The highest BCUT2D eigenvalue weighted by Crippen LogP contribution is 2.35. The van der Waals surface area contributed by atoms with Gasteiger partial charge in [0.05, 0.1) is 10.4 Å². The highest BCUT2D eigenvalue weighted by Gasteiger charge is 2.34. The summed E-state index contributed by atoms with van der Waals surface area (Å²) in [4.78, 5) is 15.2. The number of hydrogen-bond donors (Lipinski definition) is 1. The monoisotopic (exact) mass is 363 g/mol. The Hall–Kier alpha value is -2.99. The van der Waals surface area contributed by atoms with Crippen LogP contribution >= 0.6 is 0 Å². The zero-order chi connectivity index (χ0) is 18.7. The topological polar surface area (TPSA) is 77.3 Å². The fourth-order valence-corrected chi connectivity index (χ4v) is 3.71. The summed E-state index contributed by atoms with van der Waals surface area (Å²) in [6, 6.07) is 19.0. The van der Waals surface area contributed by atoms with Gasteiger partial charge in [-0.05, 0) is 36.6 Å². The smallest absolute Gasteiger partial charge is 0.270 e. The van der Waals surface area contributed by atoms with Gasteiger partial charge in [0.2, 0.25) is 0 Å². The molecule has 1 aliphatic rings. The lowest BCUT2D eigenvalue weighted by Crippen LogP contribution is -2.40. The van der Waals surface area contributed by atoms with E-state index in [0.717, 1.165) is 49.3 Å². The van der Waals surface area contributed by atoms with Crippen LogP contribution in [0.4, 0.5) is 11.5 Å². The molecule has 1 saturated heterocycles. The van der Waals surface area contributed by atoms with Crippen LogP contribution in [0.2, 0.25) is 0 Å². The zero-order valence-corrected chi connectivity index (χ0v) is 14.9. The van der Waals surface area contributed by atoms with Gasteiger partial charge in [-0.3, -0.25) is 10.1 Å². The van der Waals surface area contributed by atoms with E-state index in [1.54, 1.807) is 12.1 Å². The fraction of sp³-hybridized carbons (Fsp3) is 0.286. The van der Waals surface area contributed by atoms with Gasteiger partial charge in [-0.2, -0.15) is 0 Å². The molecule has 27 heavy (non-hydrogen) atoms. The first kappa shape index (κ1) is 17.4. The van der Waals surface area contributed by atoms with E-state index in [2.05, 4.69) is 34.6 Å². The number of aromatic nitrogens is 1. The molecule has 1 aliphatic heterocycles. The molecule has 0 bridgehead atoms. The van der Waals surface area contributed by atoms with Crippen molar-refractivity contribution in [2.45, 2.75) is 18.3 Å². The number of rotatable bonds is 5. The van der Waals surface area contributed by atoms with Crippen molar-refractivity contribution in [2.24, 2.45) is 0 Å². The third kappa shape index (κ3) is 3.61. The maximum atomic E-state index is 10.9. The maximum Gasteiger partial charge on any atom is 0.270 e. The van der Waals surface area contributed by atoms with E-state index in [1.807, 2.05) is 18.2 Å². The Morgan fingerprint density at radius 3 is 2.59 bits per heavy atom. The van der Waals surface area contributed by atoms with Crippen LogP contribution in [0.25, 0.3) is 10.9 Å². The number of fused-ring (bicyclic) bond motifs is 1. The minimum Gasteiger partial charge on any atom is -0.381 e. The van der Waals surface area contributed by atoms with Crippen molar-refractivity contribution in [2.75, 3.05) is 25.1 Å². The Morgan fingerprint density at radius 1 is 1.07 bits per heavy atom. The number of ether oxygens (including phenoxy) is 1. The van der Waals surface area contributed by atoms with Gasteiger partial charge >= 0.3 is 0 Å². The number of non-ortho nitro benzene ring substituents is 1. The zero-order valence-electron chi connectivity index (χ0n) is 14.9. The average Bonchev–Trinajstić information content (AvgIpc) is 2.73. The number of anilines is 1. The van der Waals surface area contributed by atoms with E-state index in [-0.39, 0.29) is 16.0 Å². The van der Waals surface area contributed by atoms with Crippen LogP contribution in [0.15, 0.2) is 60.7 Å². The molecule has 6 nitrogen and oxygen atoms in total. The molecule has 1 aromatic heterocycles. The van der Waals surface area contributed by atoms with Gasteiger partial charge in [-0.25, -0.2) is 4.98 Å². The summed E-state index contributed by atoms with van der Waals surface area (Å²) in [5.74, 6) is 0.776. The van der Waals surface area contributed by atoms with Crippen LogP contribution < -0.4 is 5.32 Å². The second-order valence-electron chi connectivity index (χ2n) is 6.94. The van der Waals surface area contributed by atoms with E-state index in [4.69, 9.17) is 4.74 Å². The molecule has 0 unspecified atom stereocenters. The molecule has 2 heterocycles. The highest BCUT2D eigenvalue weighted by atomic mass is 16.6. The minimum atomic E-state index is -0.389. The summed E-state index contributed by atoms with van der Waals surface area (Å²) < 4.78 is 5.59. The van der Waals surface area contributed by atoms with E-state index in [9.17, 15) is 10.1 Å². The highest BCUT2D eigenvalue weighted by molar-refractivity contribution is 5.82. The number of nitrogens with zero attached hydrogens (tertiary/aromatic N) is 2. The first-order chi connectivity index (χ1) is 13.2. The molecule has 0 radical (unpaired) electrons. The number of benzene rings is 2. The average molecular weight is 363 g/mol. The van der Waals surface area contributed by atoms with Crippen molar-refractivity contribution in [1.82, 2.24) is 4.98 Å². The van der Waals surface area contributed by atoms with Crippen LogP contribution in [0.3, 0.4) is 0 Å². The number of nitro groups is 1. The molecule has 1 N–H and O–H groups in total. The van der Waals surface area contributed by atoms with Crippen LogP contribution in [0.1, 0.15) is 18.4 Å². The van der Waals surface area contributed by atoms with Gasteiger partial charge in [-0.15, -0.1) is 0 Å². The normalized spacial score (nSPS) is 16.1. The molecule has 138 valence electrons. The van der Waals surface area contributed by atoms with Crippen molar-refractivity contribution in [3.8, 4) is 0 Å². The summed E-state index contributed by atoms with van der Waals surface area (Å²) in [6.45, 7) is 2.28. The summed E-state index contributed by atoms with van der Waals surface area (Å²) in [5, 5.41) is 15.2. The van der Waals surface area contributed by atoms with Crippen LogP contribution in [0.5, 0.6) is 0 Å². The van der Waals surface area contributed by atoms with Crippen molar-refractivity contribution in [3.63, 3.8) is 0 Å². The molecular formula is C21H21N3O3. The van der Waals surface area contributed by atoms with Gasteiger partial charge in [0.15, 0.2) is 0 Å². The summed E-state index contributed by atoms with van der Waals surface area (Å²) in [6.07, 6.45) is 1.92. The van der Waals surface area contributed by atoms with Crippen LogP contribution in [-0.2, 0) is 10.2 Å². The second kappa shape index (κ2) is 7.32. The Balaban J connectivity index is 1.57. The Bertz CT molecular complexity index is 953. The number of nitro benzene ring substituents is 1. The van der Waals surface area contributed by atoms with Crippen molar-refractivity contribution in [3.05, 3.63) is 76.3 Å². The van der Waals surface area contributed by atoms with E-state index in [0.29, 0.717) is 0 Å². The largest absolute Gasteiger partial charge is 0.381 e. The molecule has 4 rings (SSSR count). The maximum absolute atomic E-state index is 10.9. The standard InChI is InChI=1S/C21H21N3O3/c25-24(26)18-7-8-19-16(14-18)6-9-20(23-19)22-15-21(10-12-27-13-11-21)17-4-2-1-3-5-17/h1-9,14H,10-13,15H2,(H,22,23).